The highest BCUT2D eigenvalue weighted by molar-refractivity contribution is 7.89. The van der Waals surface area contributed by atoms with Crippen LogP contribution in [0.5, 0.6) is 0 Å². The Balaban J connectivity index is -0.0000000890. The molecule has 0 atom stereocenters. The third-order valence-corrected chi connectivity index (χ3v) is 8.10. The Morgan fingerprint density at radius 2 is 1.04 bits per heavy atom. The van der Waals surface area contributed by atoms with Crippen LogP contribution >= 0.6 is 0 Å². The van der Waals surface area contributed by atoms with Gasteiger partial charge in [0, 0.05) is 37.6 Å². The molecule has 0 spiro atoms. The summed E-state index contributed by atoms with van der Waals surface area (Å²) in [5.41, 5.74) is 4.77. The number of carbonyl (C=O) groups is 8. The average molecular weight is 1070 g/mol. The first-order valence-corrected chi connectivity index (χ1v) is 25.0. The van der Waals surface area contributed by atoms with Crippen molar-refractivity contribution in [3.63, 3.8) is 0 Å². The molecule has 430 valence electrons. The van der Waals surface area contributed by atoms with Crippen LogP contribution in [0.15, 0.2) is 0 Å². The van der Waals surface area contributed by atoms with E-state index in [2.05, 4.69) is 25.2 Å². The summed E-state index contributed by atoms with van der Waals surface area (Å²) in [5.74, 6) is -2.68. The molecule has 0 aliphatic heterocycles. The van der Waals surface area contributed by atoms with Gasteiger partial charge in [-0.3, -0.25) is 43.3 Å². The van der Waals surface area contributed by atoms with Crippen molar-refractivity contribution in [1.29, 1.82) is 5.26 Å². The second-order valence-electron chi connectivity index (χ2n) is 18.1. The number of methoxy groups -OCH3 is 1. The minimum Gasteiger partial charge on any atom is -0.481 e. The lowest BCUT2D eigenvalue weighted by atomic mass is 10.1. The zero-order valence-electron chi connectivity index (χ0n) is 47.9. The van der Waals surface area contributed by atoms with Crippen LogP contribution in [-0.2, 0) is 67.3 Å². The van der Waals surface area contributed by atoms with Crippen LogP contribution in [0.2, 0.25) is 0 Å². The Morgan fingerprint density at radius 3 is 1.17 bits per heavy atom. The van der Waals surface area contributed by atoms with E-state index in [-0.39, 0.29) is 98.5 Å². The molecular formula is C48H100N6O17S. The van der Waals surface area contributed by atoms with Gasteiger partial charge in [-0.15, -0.1) is 0 Å². The predicted molar refractivity (Wildman–Crippen MR) is 279 cm³/mol. The smallest absolute Gasteiger partial charge is 0.325 e. The molecule has 72 heavy (non-hydrogen) atoms. The first-order valence-electron chi connectivity index (χ1n) is 23.4. The maximum atomic E-state index is 10.8. The van der Waals surface area contributed by atoms with E-state index < -0.39 is 39.1 Å². The van der Waals surface area contributed by atoms with Gasteiger partial charge >= 0.3 is 17.9 Å². The average Bonchev–Trinajstić information content (AvgIpc) is 3.21. The molecular weight excluding hydrogens is 965 g/mol. The number of esters is 1. The van der Waals surface area contributed by atoms with Crippen molar-refractivity contribution < 1.29 is 81.0 Å². The Morgan fingerprint density at radius 1 is 0.653 bits per heavy atom. The number of carbonyl (C=O) groups excluding carboxylic acids is 6. The third-order valence-electron chi connectivity index (χ3n) is 6.79. The molecule has 0 aliphatic rings. The zero-order chi connectivity index (χ0) is 59.5. The molecule has 0 rings (SSSR count). The number of primary sulfonamides is 1. The molecule has 3 amide bonds. The SMILES string of the molecule is CC(C)C(=O)CC(=O)O.CC(C)C(=O)CC(N)=O.CC(C)CC(=O)O.CC(C)OCC#N.CC(C)OCN(C)C.CC(C)OCO.CC(C)S(N)(=O)=O.CNC(=O)CC(C)C.COC(=O)CNC(=O)C(C)C. The zero-order valence-corrected chi connectivity index (χ0v) is 48.7. The lowest BCUT2D eigenvalue weighted by molar-refractivity contribution is -0.142. The number of nitrogens with two attached hydrogens (primary N) is 2. The van der Waals surface area contributed by atoms with E-state index >= 15 is 0 Å². The van der Waals surface area contributed by atoms with Gasteiger partial charge in [0.05, 0.1) is 49.9 Å². The Bertz CT molecular complexity index is 1510. The van der Waals surface area contributed by atoms with Crippen molar-refractivity contribution in [3.8, 4) is 6.07 Å². The fraction of sp³-hybridized carbons (Fsp3) is 0.812. The van der Waals surface area contributed by atoms with Gasteiger partial charge in [-0.05, 0) is 81.3 Å². The molecule has 0 aromatic rings. The van der Waals surface area contributed by atoms with Crippen LogP contribution in [0.3, 0.4) is 0 Å². The van der Waals surface area contributed by atoms with Crippen molar-refractivity contribution in [2.45, 2.75) is 174 Å². The van der Waals surface area contributed by atoms with Gasteiger partial charge < -0.3 is 50.6 Å². The number of ketones is 2. The topological polar surface area (TPSA) is 371 Å². The summed E-state index contributed by atoms with van der Waals surface area (Å²) in [4.78, 5) is 84.9. The summed E-state index contributed by atoms with van der Waals surface area (Å²) in [5, 5.41) is 41.3. The summed E-state index contributed by atoms with van der Waals surface area (Å²) in [7, 11) is 3.68. The number of nitriles is 1. The minimum atomic E-state index is -3.24. The van der Waals surface area contributed by atoms with E-state index in [1.165, 1.54) is 21.0 Å². The summed E-state index contributed by atoms with van der Waals surface area (Å²) < 4.78 is 39.2. The van der Waals surface area contributed by atoms with Crippen molar-refractivity contribution in [2.24, 2.45) is 40.5 Å². The number of Topliss-reactive ketones (excluding diaryl/α,β-unsaturated/α-hetero) is 2. The monoisotopic (exact) mass is 1060 g/mol. The molecule has 0 unspecified atom stereocenters. The van der Waals surface area contributed by atoms with Crippen LogP contribution in [0.25, 0.3) is 0 Å². The van der Waals surface area contributed by atoms with E-state index in [0.717, 1.165) is 6.73 Å². The van der Waals surface area contributed by atoms with E-state index in [1.54, 1.807) is 48.6 Å². The van der Waals surface area contributed by atoms with E-state index in [9.17, 15) is 46.8 Å². The fourth-order valence-electron chi connectivity index (χ4n) is 2.64. The molecule has 0 fully saturated rings. The number of aliphatic hydroxyl groups is 1. The van der Waals surface area contributed by atoms with Crippen LogP contribution in [0.4, 0.5) is 0 Å². The number of amides is 3. The number of nitrogens with zero attached hydrogens (tertiary/aromatic N) is 2. The molecule has 0 aliphatic carbocycles. The first-order chi connectivity index (χ1) is 32.5. The predicted octanol–water partition coefficient (Wildman–Crippen LogP) is 4.51. The largest absolute Gasteiger partial charge is 0.481 e. The standard InChI is InChI=1S/C7H13NO3.C6H11NO2.C6H15NO.C6H13NO.C6H10O3.C5H9NO.C5H10O2.C4H10O2.C3H9NO2S/c1-5(2)7(10)8-4-6(9)11-3;1-4(2)5(8)3-6(7)9;1-6(2)8-5-7(3)4;1-5(2)4-6(8)7-3;1-4(2)5(7)3-6(8)9;1-5(2)7-4-3-6;1-4(2)3-5(6)7;1-4(2)6-3-5;1-3(2)7(4,5)6/h5H,4H2,1-3H3,(H,8,10);4H,3H2,1-2H3,(H2,7,9);6H,5H2,1-4H3;5H,4H2,1-3H3,(H,7,8);4H,3H2,1-2H3,(H,8,9);5H,4H2,1-2H3;4H,3H2,1-2H3,(H,6,7);4-5H,3H2,1-2H3;3H,1-2H3,(H2,4,5,6). The summed E-state index contributed by atoms with van der Waals surface area (Å²) in [6.45, 7) is 33.6. The molecule has 9 N–H and O–H groups in total. The maximum Gasteiger partial charge on any atom is 0.325 e. The van der Waals surface area contributed by atoms with Crippen LogP contribution in [0, 0.1) is 40.9 Å². The van der Waals surface area contributed by atoms with Gasteiger partial charge in [0.1, 0.15) is 37.9 Å². The van der Waals surface area contributed by atoms with E-state index in [4.69, 9.17) is 35.8 Å². The summed E-state index contributed by atoms with van der Waals surface area (Å²) in [6.07, 6.45) is 1.11. The Kier molecular flexibility index (Phi) is 69.3. The number of ether oxygens (including phenoxy) is 4. The number of carboxylic acids is 2. The normalized spacial score (nSPS) is 10.0. The molecule has 24 heteroatoms. The highest BCUT2D eigenvalue weighted by Gasteiger charge is 2.11. The second kappa shape index (κ2) is 57.3. The van der Waals surface area contributed by atoms with Gasteiger partial charge in [-0.25, -0.2) is 13.6 Å². The Labute approximate surface area is 433 Å². The van der Waals surface area contributed by atoms with Crippen LogP contribution in [0.1, 0.15) is 150 Å². The van der Waals surface area contributed by atoms with Crippen molar-refractivity contribution in [1.82, 2.24) is 15.5 Å². The summed E-state index contributed by atoms with van der Waals surface area (Å²) in [6, 6.07) is 1.88. The minimum absolute atomic E-state index is 0.0481. The quantitative estimate of drug-likeness (QED) is 0.0472. The Hall–Kier alpha value is -4.64. The molecule has 0 saturated heterocycles. The molecule has 0 heterocycles. The molecule has 0 bridgehead atoms. The van der Waals surface area contributed by atoms with Crippen LogP contribution < -0.4 is 21.5 Å². The third kappa shape index (κ3) is 107. The van der Waals surface area contributed by atoms with Crippen molar-refractivity contribution in [2.75, 3.05) is 54.9 Å². The number of sulfonamides is 1. The number of carboxylic acid groups (broad SMARTS) is 2. The highest BCUT2D eigenvalue weighted by atomic mass is 32.2. The molecule has 0 aromatic heterocycles. The number of hydrogen-bond acceptors (Lipinski definition) is 17. The maximum absolute atomic E-state index is 10.8. The lowest BCUT2D eigenvalue weighted by Crippen LogP contribution is -2.33. The van der Waals surface area contributed by atoms with Crippen molar-refractivity contribution >= 4 is 57.2 Å². The molecule has 0 radical (unpaired) electrons. The highest BCUT2D eigenvalue weighted by Crippen LogP contribution is 1.99. The number of aliphatic hydroxyl groups excluding tert-OH is 1. The fourth-order valence-corrected chi connectivity index (χ4v) is 2.64. The van der Waals surface area contributed by atoms with Crippen LogP contribution in [-0.4, -0.2) is 154 Å². The van der Waals surface area contributed by atoms with E-state index in [0.29, 0.717) is 18.4 Å². The summed E-state index contributed by atoms with van der Waals surface area (Å²) >= 11 is 0. The number of nitrogens with one attached hydrogen (secondary N) is 2. The van der Waals surface area contributed by atoms with Gasteiger partial charge in [0.15, 0.2) is 0 Å². The van der Waals surface area contributed by atoms with Gasteiger partial charge in [-0.1, -0.05) is 69.2 Å². The molecule has 0 saturated carbocycles. The molecule has 23 nitrogen and oxygen atoms in total. The second-order valence-corrected chi connectivity index (χ2v) is 20.2. The molecule has 0 aromatic carbocycles. The van der Waals surface area contributed by atoms with E-state index in [1.807, 2.05) is 94.3 Å². The lowest BCUT2D eigenvalue weighted by Gasteiger charge is -2.12. The van der Waals surface area contributed by atoms with Crippen molar-refractivity contribution in [3.05, 3.63) is 0 Å². The number of primary amides is 1. The number of rotatable bonds is 21. The van der Waals surface area contributed by atoms with Gasteiger partial charge in [0.2, 0.25) is 27.7 Å². The van der Waals surface area contributed by atoms with Gasteiger partial charge in [-0.2, -0.15) is 5.26 Å². The number of hydrogen-bond donors (Lipinski definition) is 7. The van der Waals surface area contributed by atoms with Gasteiger partial charge in [0.25, 0.3) is 0 Å². The number of aliphatic carboxylic acids is 2. The first kappa shape index (κ1) is 87.1.